The van der Waals surface area contributed by atoms with E-state index in [1.165, 1.54) is 0 Å². The fraction of sp³-hybridized carbons (Fsp3) is 0.188. The highest BCUT2D eigenvalue weighted by Gasteiger charge is 2.20. The van der Waals surface area contributed by atoms with Crippen LogP contribution in [0, 0.1) is 0 Å². The normalized spacial score (nSPS) is 11.4. The van der Waals surface area contributed by atoms with E-state index in [1.807, 2.05) is 67.6 Å². The highest BCUT2D eigenvalue weighted by molar-refractivity contribution is 5.94. The SMILES string of the molecule is CCOc1ccc(C(=O)N(C)Cc2cccc(-c3ccc(C[C@H](Oc4ccccc4)C(=O)O)cc3)c2)cc1. The summed E-state index contributed by atoms with van der Waals surface area (Å²) in [5.74, 6) is 0.204. The van der Waals surface area contributed by atoms with Crippen molar-refractivity contribution >= 4 is 11.9 Å². The average molecular weight is 510 g/mol. The smallest absolute Gasteiger partial charge is 0.345 e. The minimum atomic E-state index is -1.01. The summed E-state index contributed by atoms with van der Waals surface area (Å²) >= 11 is 0. The van der Waals surface area contributed by atoms with Crippen molar-refractivity contribution in [2.75, 3.05) is 13.7 Å². The Bertz CT molecular complexity index is 1350. The van der Waals surface area contributed by atoms with E-state index in [0.29, 0.717) is 24.5 Å². The standard InChI is InChI=1S/C32H31NO5/c1-3-37-28-18-16-26(17-19-28)31(34)33(2)22-24-8-7-9-27(20-24)25-14-12-23(13-15-25)21-30(32(35)36)38-29-10-5-4-6-11-29/h4-20,30H,3,21-22H2,1-2H3,(H,35,36)/t30-/m0/s1. The van der Waals surface area contributed by atoms with Crippen molar-refractivity contribution in [3.63, 3.8) is 0 Å². The predicted molar refractivity (Wildman–Crippen MR) is 147 cm³/mol. The highest BCUT2D eigenvalue weighted by Crippen LogP contribution is 2.23. The zero-order chi connectivity index (χ0) is 26.9. The zero-order valence-corrected chi connectivity index (χ0v) is 21.5. The Morgan fingerprint density at radius 2 is 1.50 bits per heavy atom. The second kappa shape index (κ2) is 12.6. The Balaban J connectivity index is 1.40. The molecule has 0 fully saturated rings. The predicted octanol–water partition coefficient (Wildman–Crippen LogP) is 6.10. The van der Waals surface area contributed by atoms with Gasteiger partial charge in [0.15, 0.2) is 6.10 Å². The van der Waals surface area contributed by atoms with Gasteiger partial charge in [0, 0.05) is 25.6 Å². The van der Waals surface area contributed by atoms with Crippen LogP contribution in [0.2, 0.25) is 0 Å². The molecule has 0 saturated carbocycles. The lowest BCUT2D eigenvalue weighted by Gasteiger charge is -2.18. The Hall–Kier alpha value is -4.58. The van der Waals surface area contributed by atoms with E-state index in [2.05, 4.69) is 6.07 Å². The molecule has 4 aromatic rings. The van der Waals surface area contributed by atoms with Crippen LogP contribution in [0.5, 0.6) is 11.5 Å². The monoisotopic (exact) mass is 509 g/mol. The summed E-state index contributed by atoms with van der Waals surface area (Å²) in [6.07, 6.45) is -0.724. The number of hydrogen-bond donors (Lipinski definition) is 1. The molecule has 1 amide bonds. The van der Waals surface area contributed by atoms with Crippen LogP contribution in [0.3, 0.4) is 0 Å². The first-order chi connectivity index (χ1) is 18.4. The third-order valence-corrected chi connectivity index (χ3v) is 6.11. The molecule has 0 aromatic heterocycles. The number of hydrogen-bond acceptors (Lipinski definition) is 4. The minimum absolute atomic E-state index is 0.0616. The molecule has 6 heteroatoms. The second-order valence-electron chi connectivity index (χ2n) is 8.98. The van der Waals surface area contributed by atoms with Crippen molar-refractivity contribution in [2.24, 2.45) is 0 Å². The second-order valence-corrected chi connectivity index (χ2v) is 8.98. The van der Waals surface area contributed by atoms with E-state index < -0.39 is 12.1 Å². The van der Waals surface area contributed by atoms with E-state index in [9.17, 15) is 14.7 Å². The van der Waals surface area contributed by atoms with Gasteiger partial charge in [-0.25, -0.2) is 4.79 Å². The molecule has 0 aliphatic carbocycles. The van der Waals surface area contributed by atoms with E-state index in [-0.39, 0.29) is 12.3 Å². The van der Waals surface area contributed by atoms with Gasteiger partial charge in [0.05, 0.1) is 6.61 Å². The van der Waals surface area contributed by atoms with Gasteiger partial charge >= 0.3 is 5.97 Å². The first-order valence-corrected chi connectivity index (χ1v) is 12.5. The summed E-state index contributed by atoms with van der Waals surface area (Å²) in [6, 6.07) is 32.0. The Kier molecular flexibility index (Phi) is 8.77. The van der Waals surface area contributed by atoms with E-state index in [1.54, 1.807) is 48.3 Å². The summed E-state index contributed by atoms with van der Waals surface area (Å²) < 4.78 is 11.1. The molecule has 1 N–H and O–H groups in total. The molecule has 0 radical (unpaired) electrons. The molecule has 1 atom stereocenters. The number of para-hydroxylation sites is 1. The number of aliphatic carboxylic acids is 1. The van der Waals surface area contributed by atoms with Crippen molar-refractivity contribution in [1.29, 1.82) is 0 Å². The van der Waals surface area contributed by atoms with Gasteiger partial charge in [-0.1, -0.05) is 60.7 Å². The van der Waals surface area contributed by atoms with Gasteiger partial charge < -0.3 is 19.5 Å². The molecule has 0 aliphatic rings. The maximum absolute atomic E-state index is 12.9. The van der Waals surface area contributed by atoms with Gasteiger partial charge in [-0.3, -0.25) is 4.79 Å². The highest BCUT2D eigenvalue weighted by atomic mass is 16.5. The van der Waals surface area contributed by atoms with E-state index in [0.717, 1.165) is 28.0 Å². The molecule has 0 spiro atoms. The van der Waals surface area contributed by atoms with Crippen molar-refractivity contribution < 1.29 is 24.2 Å². The quantitative estimate of drug-likeness (QED) is 0.264. The maximum atomic E-state index is 12.9. The van der Waals surface area contributed by atoms with Crippen molar-refractivity contribution in [1.82, 2.24) is 4.90 Å². The summed E-state index contributed by atoms with van der Waals surface area (Å²) in [5, 5.41) is 9.62. The molecule has 0 aliphatic heterocycles. The molecule has 6 nitrogen and oxygen atoms in total. The molecule has 4 rings (SSSR count). The summed E-state index contributed by atoms with van der Waals surface area (Å²) in [6.45, 7) is 2.97. The number of amides is 1. The summed E-state index contributed by atoms with van der Waals surface area (Å²) in [4.78, 5) is 26.3. The molecule has 194 valence electrons. The van der Waals surface area contributed by atoms with Crippen LogP contribution in [0.1, 0.15) is 28.4 Å². The number of ether oxygens (including phenoxy) is 2. The third kappa shape index (κ3) is 7.01. The maximum Gasteiger partial charge on any atom is 0.345 e. The molecular formula is C32H31NO5. The van der Waals surface area contributed by atoms with E-state index >= 15 is 0 Å². The zero-order valence-electron chi connectivity index (χ0n) is 21.5. The van der Waals surface area contributed by atoms with Gasteiger partial charge in [-0.05, 0) is 71.6 Å². The molecule has 0 saturated heterocycles. The van der Waals surface area contributed by atoms with Crippen LogP contribution >= 0.6 is 0 Å². The number of nitrogens with zero attached hydrogens (tertiary/aromatic N) is 1. The summed E-state index contributed by atoms with van der Waals surface area (Å²) in [5.41, 5.74) is 4.52. The van der Waals surface area contributed by atoms with Gasteiger partial charge in [0.1, 0.15) is 11.5 Å². The largest absolute Gasteiger partial charge is 0.494 e. The first-order valence-electron chi connectivity index (χ1n) is 12.5. The number of rotatable bonds is 11. The van der Waals surface area contributed by atoms with Crippen LogP contribution in [-0.2, 0) is 17.8 Å². The lowest BCUT2D eigenvalue weighted by atomic mass is 9.99. The van der Waals surface area contributed by atoms with Crippen LogP contribution in [0.25, 0.3) is 11.1 Å². The molecule has 0 unspecified atom stereocenters. The van der Waals surface area contributed by atoms with Gasteiger partial charge in [0.25, 0.3) is 5.91 Å². The van der Waals surface area contributed by atoms with Crippen molar-refractivity contribution in [3.05, 3.63) is 120 Å². The number of carboxylic acid groups (broad SMARTS) is 1. The lowest BCUT2D eigenvalue weighted by molar-refractivity contribution is -0.145. The lowest BCUT2D eigenvalue weighted by Crippen LogP contribution is -2.29. The summed E-state index contributed by atoms with van der Waals surface area (Å²) in [7, 11) is 1.79. The Morgan fingerprint density at radius 1 is 0.789 bits per heavy atom. The van der Waals surface area contributed by atoms with Gasteiger partial charge in [-0.2, -0.15) is 0 Å². The number of carbonyl (C=O) groups is 2. The fourth-order valence-corrected chi connectivity index (χ4v) is 4.17. The topological polar surface area (TPSA) is 76.1 Å². The van der Waals surface area contributed by atoms with Gasteiger partial charge in [0.2, 0.25) is 0 Å². The molecular weight excluding hydrogens is 478 g/mol. The Morgan fingerprint density at radius 3 is 2.16 bits per heavy atom. The first kappa shape index (κ1) is 26.5. The molecule has 4 aromatic carbocycles. The van der Waals surface area contributed by atoms with Crippen LogP contribution in [0.4, 0.5) is 0 Å². The third-order valence-electron chi connectivity index (χ3n) is 6.11. The van der Waals surface area contributed by atoms with Crippen molar-refractivity contribution in [2.45, 2.75) is 26.0 Å². The van der Waals surface area contributed by atoms with Crippen LogP contribution in [-0.4, -0.2) is 41.6 Å². The minimum Gasteiger partial charge on any atom is -0.494 e. The number of carbonyl (C=O) groups excluding carboxylic acids is 1. The molecule has 0 heterocycles. The molecule has 38 heavy (non-hydrogen) atoms. The van der Waals surface area contributed by atoms with Crippen LogP contribution < -0.4 is 9.47 Å². The van der Waals surface area contributed by atoms with Crippen LogP contribution in [0.15, 0.2) is 103 Å². The molecule has 0 bridgehead atoms. The van der Waals surface area contributed by atoms with Gasteiger partial charge in [-0.15, -0.1) is 0 Å². The number of carboxylic acids is 1. The number of benzene rings is 4. The average Bonchev–Trinajstić information content (AvgIpc) is 2.94. The van der Waals surface area contributed by atoms with Crippen molar-refractivity contribution in [3.8, 4) is 22.6 Å². The van der Waals surface area contributed by atoms with E-state index in [4.69, 9.17) is 9.47 Å². The fourth-order valence-electron chi connectivity index (χ4n) is 4.17. The Labute approximate surface area is 223 Å².